The van der Waals surface area contributed by atoms with Crippen molar-refractivity contribution < 1.29 is 4.74 Å². The Morgan fingerprint density at radius 3 is 2.88 bits per heavy atom. The fourth-order valence-corrected chi connectivity index (χ4v) is 2.22. The van der Waals surface area contributed by atoms with E-state index in [1.807, 2.05) is 6.92 Å². The van der Waals surface area contributed by atoms with Gasteiger partial charge in [0.15, 0.2) is 0 Å². The molecule has 1 atom stereocenters. The van der Waals surface area contributed by atoms with Crippen LogP contribution >= 0.6 is 11.3 Å². The van der Waals surface area contributed by atoms with Gasteiger partial charge >= 0.3 is 0 Å². The van der Waals surface area contributed by atoms with Crippen LogP contribution < -0.4 is 16.6 Å². The first-order valence-electron chi connectivity index (χ1n) is 5.45. The lowest BCUT2D eigenvalue weighted by Gasteiger charge is -2.15. The van der Waals surface area contributed by atoms with E-state index in [-0.39, 0.29) is 6.04 Å². The summed E-state index contributed by atoms with van der Waals surface area (Å²) in [4.78, 5) is 4.39. The van der Waals surface area contributed by atoms with E-state index in [0.29, 0.717) is 19.1 Å². The highest BCUT2D eigenvalue weighted by Gasteiger charge is 2.04. The van der Waals surface area contributed by atoms with Crippen LogP contribution in [0, 0.1) is 6.92 Å². The molecule has 0 radical (unpaired) electrons. The van der Waals surface area contributed by atoms with Crippen LogP contribution in [-0.2, 0) is 11.3 Å². The number of methoxy groups -OCH3 is 1. The predicted octanol–water partition coefficient (Wildman–Crippen LogP) is 1.00. The number of hydrogen-bond donors (Lipinski definition) is 3. The van der Waals surface area contributed by atoms with Crippen LogP contribution in [-0.4, -0.2) is 25.7 Å². The Morgan fingerprint density at radius 1 is 1.59 bits per heavy atom. The summed E-state index contributed by atoms with van der Waals surface area (Å²) in [6.45, 7) is 5.32. The molecule has 0 saturated carbocycles. The number of nitrogens with two attached hydrogens (primary N) is 1. The van der Waals surface area contributed by atoms with Gasteiger partial charge in [-0.25, -0.2) is 10.8 Å². The summed E-state index contributed by atoms with van der Waals surface area (Å²) in [5.74, 6) is 6.00. The molecule has 5 nitrogen and oxygen atoms in total. The molecule has 1 unspecified atom stereocenters. The van der Waals surface area contributed by atoms with E-state index in [0.717, 1.165) is 0 Å². The van der Waals surface area contributed by atoms with Crippen molar-refractivity contribution in [2.45, 2.75) is 26.4 Å². The first kappa shape index (κ1) is 14.0. The summed E-state index contributed by atoms with van der Waals surface area (Å²) in [6.07, 6.45) is 0. The van der Waals surface area contributed by atoms with Crippen LogP contribution in [0.4, 0.5) is 0 Å². The van der Waals surface area contributed by atoms with Gasteiger partial charge in [-0.3, -0.25) is 5.43 Å². The maximum absolute atomic E-state index is 5.41. The van der Waals surface area contributed by atoms with Gasteiger partial charge in [0, 0.05) is 13.2 Å². The van der Waals surface area contributed by atoms with E-state index in [1.54, 1.807) is 18.4 Å². The van der Waals surface area contributed by atoms with Crippen LogP contribution in [0.2, 0.25) is 0 Å². The SMILES string of the molecule is COCC(C)NC(=NCc1cscc1C)NN. The fourth-order valence-electron chi connectivity index (χ4n) is 1.37. The van der Waals surface area contributed by atoms with Gasteiger partial charge in [0.1, 0.15) is 0 Å². The standard InChI is InChI=1S/C11H20N4OS/c1-8-6-17-7-10(8)4-13-11(15-12)14-9(2)5-16-3/h6-7,9H,4-5,12H2,1-3H3,(H2,13,14,15). The van der Waals surface area contributed by atoms with E-state index in [2.05, 4.69) is 33.4 Å². The normalized spacial score (nSPS) is 13.5. The number of nitrogens with zero attached hydrogens (tertiary/aromatic N) is 1. The zero-order chi connectivity index (χ0) is 12.7. The molecule has 1 aromatic rings. The second-order valence-corrected chi connectivity index (χ2v) is 4.63. The van der Waals surface area contributed by atoms with Crippen molar-refractivity contribution in [1.82, 2.24) is 10.7 Å². The Morgan fingerprint density at radius 2 is 2.35 bits per heavy atom. The number of aryl methyl sites for hydroxylation is 1. The summed E-state index contributed by atoms with van der Waals surface area (Å²) >= 11 is 1.69. The molecule has 4 N–H and O–H groups in total. The van der Waals surface area contributed by atoms with Gasteiger partial charge in [0.05, 0.1) is 13.2 Å². The molecule has 0 aliphatic rings. The Balaban J connectivity index is 2.52. The second-order valence-electron chi connectivity index (χ2n) is 3.89. The first-order chi connectivity index (χ1) is 8.17. The third-order valence-corrected chi connectivity index (χ3v) is 3.22. The van der Waals surface area contributed by atoms with Crippen LogP contribution in [0.15, 0.2) is 15.8 Å². The molecule has 6 heteroatoms. The number of hydrazine groups is 1. The number of hydrogen-bond acceptors (Lipinski definition) is 4. The van der Waals surface area contributed by atoms with Gasteiger partial charge in [0.2, 0.25) is 5.96 Å². The fraction of sp³-hybridized carbons (Fsp3) is 0.545. The lowest BCUT2D eigenvalue weighted by atomic mass is 10.2. The van der Waals surface area contributed by atoms with E-state index >= 15 is 0 Å². The maximum Gasteiger partial charge on any atom is 0.206 e. The maximum atomic E-state index is 5.41. The molecule has 1 rings (SSSR count). The molecule has 0 saturated heterocycles. The van der Waals surface area contributed by atoms with Gasteiger partial charge < -0.3 is 10.1 Å². The third-order valence-electron chi connectivity index (χ3n) is 2.31. The third kappa shape index (κ3) is 4.72. The van der Waals surface area contributed by atoms with Gasteiger partial charge in [-0.15, -0.1) is 0 Å². The van der Waals surface area contributed by atoms with Crippen molar-refractivity contribution in [2.24, 2.45) is 10.8 Å². The van der Waals surface area contributed by atoms with E-state index in [9.17, 15) is 0 Å². The van der Waals surface area contributed by atoms with Crippen molar-refractivity contribution >= 4 is 17.3 Å². The number of guanidine groups is 1. The lowest BCUT2D eigenvalue weighted by Crippen LogP contribution is -2.46. The number of rotatable bonds is 5. The number of aliphatic imine (C=N–C) groups is 1. The highest BCUT2D eigenvalue weighted by atomic mass is 32.1. The molecular weight excluding hydrogens is 236 g/mol. The molecule has 96 valence electrons. The zero-order valence-electron chi connectivity index (χ0n) is 10.5. The quantitative estimate of drug-likeness (QED) is 0.318. The molecule has 0 aliphatic heterocycles. The Labute approximate surface area is 106 Å². The summed E-state index contributed by atoms with van der Waals surface area (Å²) in [5.41, 5.74) is 5.05. The number of ether oxygens (including phenoxy) is 1. The summed E-state index contributed by atoms with van der Waals surface area (Å²) in [5, 5.41) is 7.36. The van der Waals surface area contributed by atoms with Crippen molar-refractivity contribution in [2.75, 3.05) is 13.7 Å². The molecule has 0 bridgehead atoms. The first-order valence-corrected chi connectivity index (χ1v) is 6.39. The average molecular weight is 256 g/mol. The second kappa shape index (κ2) is 7.26. The van der Waals surface area contributed by atoms with Crippen LogP contribution in [0.3, 0.4) is 0 Å². The smallest absolute Gasteiger partial charge is 0.206 e. The van der Waals surface area contributed by atoms with E-state index in [1.165, 1.54) is 11.1 Å². The van der Waals surface area contributed by atoms with E-state index < -0.39 is 0 Å². The molecule has 0 fully saturated rings. The summed E-state index contributed by atoms with van der Waals surface area (Å²) < 4.78 is 5.03. The minimum Gasteiger partial charge on any atom is -0.383 e. The molecular formula is C11H20N4OS. The van der Waals surface area contributed by atoms with Crippen molar-refractivity contribution in [1.29, 1.82) is 0 Å². The summed E-state index contributed by atoms with van der Waals surface area (Å²) in [7, 11) is 1.67. The Kier molecular flexibility index (Phi) is 5.96. The molecule has 0 spiro atoms. The molecule has 0 amide bonds. The summed E-state index contributed by atoms with van der Waals surface area (Å²) in [6, 6.07) is 0.165. The minimum atomic E-state index is 0.165. The Hall–Kier alpha value is -1.11. The molecule has 1 aromatic heterocycles. The van der Waals surface area contributed by atoms with Gasteiger partial charge in [-0.1, -0.05) is 0 Å². The molecule has 0 aliphatic carbocycles. The predicted molar refractivity (Wildman–Crippen MR) is 72.0 cm³/mol. The lowest BCUT2D eigenvalue weighted by molar-refractivity contribution is 0.179. The highest BCUT2D eigenvalue weighted by molar-refractivity contribution is 7.08. The number of thiophene rings is 1. The van der Waals surface area contributed by atoms with Crippen LogP contribution in [0.1, 0.15) is 18.1 Å². The topological polar surface area (TPSA) is 71.7 Å². The van der Waals surface area contributed by atoms with Crippen LogP contribution in [0.5, 0.6) is 0 Å². The van der Waals surface area contributed by atoms with Crippen molar-refractivity contribution in [3.63, 3.8) is 0 Å². The molecule has 1 heterocycles. The van der Waals surface area contributed by atoms with E-state index in [4.69, 9.17) is 10.6 Å². The zero-order valence-corrected chi connectivity index (χ0v) is 11.3. The van der Waals surface area contributed by atoms with Gasteiger partial charge in [-0.05, 0) is 35.7 Å². The molecule has 0 aromatic carbocycles. The molecule has 17 heavy (non-hydrogen) atoms. The van der Waals surface area contributed by atoms with Gasteiger partial charge in [0.25, 0.3) is 0 Å². The van der Waals surface area contributed by atoms with Crippen molar-refractivity contribution in [3.05, 3.63) is 21.9 Å². The average Bonchev–Trinajstić information content (AvgIpc) is 2.70. The van der Waals surface area contributed by atoms with Crippen LogP contribution in [0.25, 0.3) is 0 Å². The highest BCUT2D eigenvalue weighted by Crippen LogP contribution is 2.14. The Bertz CT molecular complexity index is 364. The monoisotopic (exact) mass is 256 g/mol. The van der Waals surface area contributed by atoms with Gasteiger partial charge in [-0.2, -0.15) is 11.3 Å². The van der Waals surface area contributed by atoms with Crippen molar-refractivity contribution in [3.8, 4) is 0 Å². The largest absolute Gasteiger partial charge is 0.383 e. The number of nitrogens with one attached hydrogen (secondary N) is 2. The minimum absolute atomic E-state index is 0.165.